The maximum atomic E-state index is 13.3. The number of imidazole rings is 1. The van der Waals surface area contributed by atoms with Crippen molar-refractivity contribution in [1.82, 2.24) is 29.6 Å². The van der Waals surface area contributed by atoms with Crippen LogP contribution in [0, 0.1) is 5.41 Å². The van der Waals surface area contributed by atoms with Crippen LogP contribution < -0.4 is 14.9 Å². The molecule has 0 aromatic carbocycles. The Morgan fingerprint density at radius 1 is 1.20 bits per heavy atom. The average molecular weight is 544 g/mol. The third-order valence-corrected chi connectivity index (χ3v) is 10.0. The Hall–Kier alpha value is -1.93. The van der Waals surface area contributed by atoms with Crippen molar-refractivity contribution in [2.45, 2.75) is 49.5 Å². The molecule has 1 saturated carbocycles. The molecule has 35 heavy (non-hydrogen) atoms. The fourth-order valence-corrected chi connectivity index (χ4v) is 7.39. The molecule has 1 aliphatic carbocycles. The Morgan fingerprint density at radius 2 is 1.91 bits per heavy atom. The van der Waals surface area contributed by atoms with Gasteiger partial charge in [0.05, 0.1) is 5.69 Å². The van der Waals surface area contributed by atoms with E-state index in [1.165, 1.54) is 6.20 Å². The Bertz CT molecular complexity index is 1410. The summed E-state index contributed by atoms with van der Waals surface area (Å²) < 4.78 is 57.3. The Balaban J connectivity index is 1.48. The van der Waals surface area contributed by atoms with Crippen LogP contribution in [0.25, 0.3) is 16.3 Å². The molecule has 2 aliphatic heterocycles. The van der Waals surface area contributed by atoms with Crippen molar-refractivity contribution in [1.29, 1.82) is 0 Å². The number of hydrogen-bond acceptors (Lipinski definition) is 8. The first-order valence-corrected chi connectivity index (χ1v) is 14.1. The Morgan fingerprint density at radius 3 is 2.54 bits per heavy atom. The molecule has 2 N–H and O–H groups in total. The highest BCUT2D eigenvalue weighted by Crippen LogP contribution is 2.45. The second-order valence-electron chi connectivity index (χ2n) is 10.0. The van der Waals surface area contributed by atoms with E-state index in [9.17, 15) is 17.2 Å². The number of aromatic nitrogens is 4. The molecule has 0 bridgehead atoms. The van der Waals surface area contributed by atoms with Gasteiger partial charge in [0.25, 0.3) is 6.43 Å². The fourth-order valence-electron chi connectivity index (χ4n) is 4.96. The van der Waals surface area contributed by atoms with Gasteiger partial charge in [-0.05, 0) is 51.8 Å². The maximum Gasteiger partial charge on any atom is 0.291 e. The number of hydrogen-bond donors (Lipinski definition) is 2. The zero-order valence-corrected chi connectivity index (χ0v) is 21.3. The first-order valence-electron chi connectivity index (χ1n) is 11.4. The molecule has 188 valence electrons. The smallest absolute Gasteiger partial charge is 0.291 e. The summed E-state index contributed by atoms with van der Waals surface area (Å²) >= 11 is 7.27. The summed E-state index contributed by atoms with van der Waals surface area (Å²) in [4.78, 5) is 6.58. The number of anilines is 1. The number of nitrogens with one attached hydrogen (secondary N) is 2. The molecule has 2 saturated heterocycles. The van der Waals surface area contributed by atoms with Gasteiger partial charge in [-0.1, -0.05) is 22.9 Å². The number of pyridine rings is 1. The lowest BCUT2D eigenvalue weighted by Gasteiger charge is -2.53. The van der Waals surface area contributed by atoms with Crippen molar-refractivity contribution < 1.29 is 17.2 Å². The van der Waals surface area contributed by atoms with Gasteiger partial charge < -0.3 is 10.2 Å². The van der Waals surface area contributed by atoms with E-state index >= 15 is 0 Å². The van der Waals surface area contributed by atoms with Crippen molar-refractivity contribution in [3.8, 4) is 10.8 Å². The Kier molecular flexibility index (Phi) is 5.39. The van der Waals surface area contributed by atoms with Gasteiger partial charge in [-0.25, -0.2) is 26.9 Å². The van der Waals surface area contributed by atoms with E-state index in [2.05, 4.69) is 30.1 Å². The van der Waals surface area contributed by atoms with Crippen LogP contribution in [0.5, 0.6) is 0 Å². The van der Waals surface area contributed by atoms with Crippen LogP contribution in [0.1, 0.15) is 44.0 Å². The van der Waals surface area contributed by atoms with E-state index in [1.807, 2.05) is 6.92 Å². The number of halogens is 3. The number of nitrogens with zero attached hydrogens (tertiary/aromatic N) is 5. The second-order valence-corrected chi connectivity index (χ2v) is 13.1. The fraction of sp³-hybridized carbons (Fsp3) is 0.571. The predicted molar refractivity (Wildman–Crippen MR) is 129 cm³/mol. The summed E-state index contributed by atoms with van der Waals surface area (Å²) in [5.41, 5.74) is 0.915. The van der Waals surface area contributed by atoms with Crippen molar-refractivity contribution in [2.75, 3.05) is 31.1 Å². The first kappa shape index (κ1) is 23.5. The van der Waals surface area contributed by atoms with E-state index < -0.39 is 27.0 Å². The molecule has 0 unspecified atom stereocenters. The molecular formula is C21H24ClF2N7O2S2. The lowest BCUT2D eigenvalue weighted by atomic mass is 9.72. The topological polar surface area (TPSA) is 105 Å². The van der Waals surface area contributed by atoms with Crippen LogP contribution in [0.2, 0.25) is 5.15 Å². The molecule has 1 spiro atoms. The molecular weight excluding hydrogens is 520 g/mol. The summed E-state index contributed by atoms with van der Waals surface area (Å²) in [6, 6.07) is 1.64. The van der Waals surface area contributed by atoms with Gasteiger partial charge in [0, 0.05) is 30.2 Å². The van der Waals surface area contributed by atoms with E-state index in [-0.39, 0.29) is 26.3 Å². The molecule has 5 heterocycles. The highest BCUT2D eigenvalue weighted by molar-refractivity contribution is 7.89. The van der Waals surface area contributed by atoms with E-state index in [0.29, 0.717) is 22.5 Å². The summed E-state index contributed by atoms with van der Waals surface area (Å²) in [6.07, 6.45) is 2.32. The summed E-state index contributed by atoms with van der Waals surface area (Å²) in [6.45, 7) is 5.35. The third-order valence-electron chi connectivity index (χ3n) is 7.21. The normalized spacial score (nSPS) is 21.1. The molecule has 6 rings (SSSR count). The average Bonchev–Trinajstić information content (AvgIpc) is 3.19. The minimum atomic E-state index is -3.85. The first-order chi connectivity index (χ1) is 16.6. The number of rotatable bonds is 6. The van der Waals surface area contributed by atoms with Gasteiger partial charge in [-0.15, -0.1) is 10.2 Å². The SMILES string of the molecule is CC1(NS(=O)(=O)c2cc(N3CC4(CCNCC4)C3)c3c(Cl)nc(-c4nnc(C(F)F)s4)n3c2)CC1. The minimum absolute atomic E-state index is 0.0632. The molecule has 3 aromatic heterocycles. The molecule has 0 radical (unpaired) electrons. The summed E-state index contributed by atoms with van der Waals surface area (Å²) in [5.74, 6) is 0.183. The molecule has 14 heteroatoms. The quantitative estimate of drug-likeness (QED) is 0.490. The van der Waals surface area contributed by atoms with E-state index in [1.54, 1.807) is 10.5 Å². The molecule has 0 atom stereocenters. The highest BCUT2D eigenvalue weighted by Gasteiger charge is 2.45. The van der Waals surface area contributed by atoms with Crippen LogP contribution in [0.4, 0.5) is 14.5 Å². The van der Waals surface area contributed by atoms with Gasteiger partial charge in [-0.3, -0.25) is 4.40 Å². The summed E-state index contributed by atoms with van der Waals surface area (Å²) in [5, 5.41) is 10.7. The minimum Gasteiger partial charge on any atom is -0.368 e. The number of alkyl halides is 2. The summed E-state index contributed by atoms with van der Waals surface area (Å²) in [7, 11) is -3.85. The second kappa shape index (κ2) is 8.04. The van der Waals surface area contributed by atoms with Crippen molar-refractivity contribution in [3.05, 3.63) is 22.4 Å². The van der Waals surface area contributed by atoms with Crippen molar-refractivity contribution >= 4 is 44.2 Å². The lowest BCUT2D eigenvalue weighted by Crippen LogP contribution is -2.60. The zero-order valence-electron chi connectivity index (χ0n) is 18.9. The van der Waals surface area contributed by atoms with Gasteiger partial charge in [0.15, 0.2) is 21.0 Å². The monoisotopic (exact) mass is 543 g/mol. The molecule has 0 amide bonds. The van der Waals surface area contributed by atoms with Gasteiger partial charge >= 0.3 is 0 Å². The number of sulfonamides is 1. The van der Waals surface area contributed by atoms with Crippen LogP contribution >= 0.6 is 22.9 Å². The van der Waals surface area contributed by atoms with Gasteiger partial charge in [-0.2, -0.15) is 0 Å². The molecule has 3 aromatic rings. The van der Waals surface area contributed by atoms with Gasteiger partial charge in [0.2, 0.25) is 10.0 Å². The number of fused-ring (bicyclic) bond motifs is 1. The lowest BCUT2D eigenvalue weighted by molar-refractivity contribution is 0.150. The highest BCUT2D eigenvalue weighted by atomic mass is 35.5. The maximum absolute atomic E-state index is 13.3. The standard InChI is InChI=1S/C21H24ClF2N7O2S2/c1-20(2-3-20)29-35(32,33)12-8-13(30-10-21(11-30)4-6-25-7-5-21)14-15(22)26-17(31(14)9-12)19-28-27-18(34-19)16(23)24/h8-9,16,25,29H,2-7,10-11H2,1H3. The molecule has 9 nitrogen and oxygen atoms in total. The van der Waals surface area contributed by atoms with Crippen LogP contribution in [0.15, 0.2) is 17.2 Å². The van der Waals surface area contributed by atoms with Crippen molar-refractivity contribution in [2.24, 2.45) is 5.41 Å². The van der Waals surface area contributed by atoms with E-state index in [0.717, 1.165) is 51.9 Å². The zero-order chi connectivity index (χ0) is 24.6. The third kappa shape index (κ3) is 4.10. The van der Waals surface area contributed by atoms with Gasteiger partial charge in [0.1, 0.15) is 10.4 Å². The molecule has 3 aliphatic rings. The largest absolute Gasteiger partial charge is 0.368 e. The van der Waals surface area contributed by atoms with Crippen molar-refractivity contribution in [3.63, 3.8) is 0 Å². The Labute approximate surface area is 209 Å². The van der Waals surface area contributed by atoms with E-state index in [4.69, 9.17) is 11.6 Å². The molecule has 3 fully saturated rings. The number of piperidine rings is 1. The van der Waals surface area contributed by atoms with Crippen LogP contribution in [0.3, 0.4) is 0 Å². The van der Waals surface area contributed by atoms with Crippen LogP contribution in [-0.4, -0.2) is 59.7 Å². The van der Waals surface area contributed by atoms with Crippen LogP contribution in [-0.2, 0) is 10.0 Å². The predicted octanol–water partition coefficient (Wildman–Crippen LogP) is 3.46.